The highest BCUT2D eigenvalue weighted by Gasteiger charge is 2.14. The number of methoxy groups -OCH3 is 1. The Balaban J connectivity index is 3.28. The Morgan fingerprint density at radius 3 is 2.60 bits per heavy atom. The van der Waals surface area contributed by atoms with Crippen molar-refractivity contribution in [3.05, 3.63) is 27.7 Å². The predicted molar refractivity (Wildman–Crippen MR) is 67.5 cm³/mol. The lowest BCUT2D eigenvalue weighted by molar-refractivity contribution is 0.402. The summed E-state index contributed by atoms with van der Waals surface area (Å²) in [5, 5.41) is 0. The molecule has 2 N–H and O–H groups in total. The molecule has 0 radical (unpaired) electrons. The maximum atomic E-state index is 5.70. The van der Waals surface area contributed by atoms with Crippen molar-refractivity contribution in [2.45, 2.75) is 26.2 Å². The Morgan fingerprint density at radius 2 is 2.13 bits per heavy atom. The summed E-state index contributed by atoms with van der Waals surface area (Å²) in [5.41, 5.74) is 8.11. The highest BCUT2D eigenvalue weighted by Crippen LogP contribution is 2.33. The van der Waals surface area contributed by atoms with Gasteiger partial charge in [0.15, 0.2) is 0 Å². The summed E-state index contributed by atoms with van der Waals surface area (Å²) >= 11 is 3.52. The molecule has 0 aliphatic heterocycles. The quantitative estimate of drug-likeness (QED) is 0.914. The zero-order valence-electron chi connectivity index (χ0n) is 9.51. The highest BCUT2D eigenvalue weighted by molar-refractivity contribution is 9.10. The molecule has 0 saturated carbocycles. The number of hydrogen-bond donors (Lipinski definition) is 1. The fraction of sp³-hybridized carbons (Fsp3) is 0.500. The molecule has 0 amide bonds. The Bertz CT molecular complexity index is 339. The zero-order chi connectivity index (χ0) is 11.4. The van der Waals surface area contributed by atoms with Gasteiger partial charge in [-0.2, -0.15) is 0 Å². The molecule has 0 fully saturated rings. The maximum Gasteiger partial charge on any atom is 0.125 e. The van der Waals surface area contributed by atoms with Gasteiger partial charge in [-0.1, -0.05) is 29.8 Å². The summed E-state index contributed by atoms with van der Waals surface area (Å²) < 4.78 is 6.56. The van der Waals surface area contributed by atoms with Crippen molar-refractivity contribution in [3.63, 3.8) is 0 Å². The topological polar surface area (TPSA) is 35.2 Å². The van der Waals surface area contributed by atoms with Gasteiger partial charge in [-0.15, -0.1) is 0 Å². The van der Waals surface area contributed by atoms with E-state index in [-0.39, 0.29) is 0 Å². The predicted octanol–water partition coefficient (Wildman–Crippen LogP) is 3.08. The Hall–Kier alpha value is -0.540. The lowest BCUT2D eigenvalue weighted by atomic mass is 9.96. The lowest BCUT2D eigenvalue weighted by Crippen LogP contribution is -2.11. The first-order valence-corrected chi connectivity index (χ1v) is 5.99. The third kappa shape index (κ3) is 2.73. The average Bonchev–Trinajstić information content (AvgIpc) is 2.26. The normalized spacial score (nSPS) is 12.6. The van der Waals surface area contributed by atoms with Gasteiger partial charge in [0.25, 0.3) is 0 Å². The second-order valence-electron chi connectivity index (χ2n) is 3.68. The van der Waals surface area contributed by atoms with Crippen LogP contribution in [-0.4, -0.2) is 13.7 Å². The molecule has 1 unspecified atom stereocenters. The first-order chi connectivity index (χ1) is 7.13. The molecule has 1 atom stereocenters. The molecule has 2 nitrogen and oxygen atoms in total. The third-order valence-corrected chi connectivity index (χ3v) is 3.09. The van der Waals surface area contributed by atoms with Crippen LogP contribution in [0.5, 0.6) is 5.75 Å². The van der Waals surface area contributed by atoms with Crippen molar-refractivity contribution < 1.29 is 4.74 Å². The summed E-state index contributed by atoms with van der Waals surface area (Å²) in [7, 11) is 1.72. The van der Waals surface area contributed by atoms with E-state index in [2.05, 4.69) is 41.9 Å². The Labute approximate surface area is 99.9 Å². The van der Waals surface area contributed by atoms with Gasteiger partial charge in [-0.3, -0.25) is 0 Å². The summed E-state index contributed by atoms with van der Waals surface area (Å²) in [6.07, 6.45) is 0.965. The van der Waals surface area contributed by atoms with E-state index in [1.165, 1.54) is 11.1 Å². The van der Waals surface area contributed by atoms with Crippen molar-refractivity contribution in [1.82, 2.24) is 0 Å². The van der Waals surface area contributed by atoms with Crippen LogP contribution in [0.4, 0.5) is 0 Å². The number of benzene rings is 1. The molecular formula is C12H18BrNO. The number of hydrogen-bond acceptors (Lipinski definition) is 2. The van der Waals surface area contributed by atoms with Crippen LogP contribution in [0.25, 0.3) is 0 Å². The molecule has 0 aromatic heterocycles. The van der Waals surface area contributed by atoms with E-state index in [1.54, 1.807) is 7.11 Å². The van der Waals surface area contributed by atoms with Gasteiger partial charge < -0.3 is 10.5 Å². The molecule has 15 heavy (non-hydrogen) atoms. The second kappa shape index (κ2) is 5.52. The van der Waals surface area contributed by atoms with E-state index < -0.39 is 0 Å². The van der Waals surface area contributed by atoms with Crippen LogP contribution in [0.2, 0.25) is 0 Å². The highest BCUT2D eigenvalue weighted by atomic mass is 79.9. The molecular weight excluding hydrogens is 254 g/mol. The van der Waals surface area contributed by atoms with Gasteiger partial charge in [0.1, 0.15) is 5.75 Å². The van der Waals surface area contributed by atoms with Crippen LogP contribution in [0.3, 0.4) is 0 Å². The molecule has 3 heteroatoms. The summed E-state index contributed by atoms with van der Waals surface area (Å²) in [6, 6.07) is 4.20. The van der Waals surface area contributed by atoms with Gasteiger partial charge in [-0.05, 0) is 42.1 Å². The average molecular weight is 272 g/mol. The van der Waals surface area contributed by atoms with Crippen LogP contribution < -0.4 is 10.5 Å². The van der Waals surface area contributed by atoms with Crippen LogP contribution in [0, 0.1) is 0 Å². The number of aryl methyl sites for hydroxylation is 1. The van der Waals surface area contributed by atoms with Crippen molar-refractivity contribution in [3.8, 4) is 5.75 Å². The van der Waals surface area contributed by atoms with Gasteiger partial charge in [0, 0.05) is 4.47 Å². The molecule has 0 heterocycles. The first kappa shape index (κ1) is 12.5. The second-order valence-corrected chi connectivity index (χ2v) is 4.59. The smallest absolute Gasteiger partial charge is 0.125 e. The lowest BCUT2D eigenvalue weighted by Gasteiger charge is -2.17. The van der Waals surface area contributed by atoms with Crippen molar-refractivity contribution in [2.75, 3.05) is 13.7 Å². The van der Waals surface area contributed by atoms with E-state index in [0.717, 1.165) is 16.6 Å². The molecule has 0 aliphatic carbocycles. The number of nitrogens with two attached hydrogens (primary N) is 1. The molecule has 1 aromatic rings. The molecule has 1 rings (SSSR count). The third-order valence-electron chi connectivity index (χ3n) is 2.63. The van der Waals surface area contributed by atoms with Crippen molar-refractivity contribution >= 4 is 15.9 Å². The van der Waals surface area contributed by atoms with Gasteiger partial charge in [0.05, 0.1) is 7.11 Å². The number of rotatable bonds is 4. The van der Waals surface area contributed by atoms with Crippen LogP contribution in [0.1, 0.15) is 30.9 Å². The Morgan fingerprint density at radius 1 is 1.47 bits per heavy atom. The number of ether oxygens (including phenoxy) is 1. The van der Waals surface area contributed by atoms with E-state index in [9.17, 15) is 0 Å². The minimum absolute atomic E-state index is 0.322. The molecule has 0 saturated heterocycles. The number of halogens is 1. The molecule has 1 aromatic carbocycles. The molecule has 84 valence electrons. The fourth-order valence-electron chi connectivity index (χ4n) is 1.68. The summed E-state index contributed by atoms with van der Waals surface area (Å²) in [4.78, 5) is 0. The zero-order valence-corrected chi connectivity index (χ0v) is 11.1. The van der Waals surface area contributed by atoms with Crippen LogP contribution >= 0.6 is 15.9 Å². The van der Waals surface area contributed by atoms with Crippen molar-refractivity contribution in [2.24, 2.45) is 5.73 Å². The maximum absolute atomic E-state index is 5.70. The SMILES string of the molecule is CCc1cc(Br)cc(C(C)CN)c1OC. The minimum Gasteiger partial charge on any atom is -0.496 e. The van der Waals surface area contributed by atoms with Crippen LogP contribution in [0.15, 0.2) is 16.6 Å². The van der Waals surface area contributed by atoms with Gasteiger partial charge in [-0.25, -0.2) is 0 Å². The largest absolute Gasteiger partial charge is 0.496 e. The molecule has 0 aliphatic rings. The van der Waals surface area contributed by atoms with E-state index >= 15 is 0 Å². The summed E-state index contributed by atoms with van der Waals surface area (Å²) in [6.45, 7) is 4.88. The standard InChI is InChI=1S/C12H18BrNO/c1-4-9-5-10(13)6-11(8(2)7-14)12(9)15-3/h5-6,8H,4,7,14H2,1-3H3. The van der Waals surface area contributed by atoms with E-state index in [0.29, 0.717) is 12.5 Å². The Kier molecular flexibility index (Phi) is 4.61. The first-order valence-electron chi connectivity index (χ1n) is 5.20. The van der Waals surface area contributed by atoms with Gasteiger partial charge in [0.2, 0.25) is 0 Å². The molecule has 0 bridgehead atoms. The van der Waals surface area contributed by atoms with Crippen molar-refractivity contribution in [1.29, 1.82) is 0 Å². The van der Waals surface area contributed by atoms with Crippen LogP contribution in [-0.2, 0) is 6.42 Å². The fourth-order valence-corrected chi connectivity index (χ4v) is 2.20. The minimum atomic E-state index is 0.322. The van der Waals surface area contributed by atoms with E-state index in [4.69, 9.17) is 10.5 Å². The summed E-state index contributed by atoms with van der Waals surface area (Å²) in [5.74, 6) is 1.31. The monoisotopic (exact) mass is 271 g/mol. The van der Waals surface area contributed by atoms with Gasteiger partial charge >= 0.3 is 0 Å². The van der Waals surface area contributed by atoms with E-state index in [1.807, 2.05) is 0 Å². The molecule has 0 spiro atoms.